The number of nitrogens with one attached hydrogen (secondary N) is 1. The van der Waals surface area contributed by atoms with Crippen LogP contribution in [0.2, 0.25) is 5.02 Å². The van der Waals surface area contributed by atoms with E-state index in [1.165, 1.54) is 31.3 Å². The Balaban J connectivity index is 1.66. The van der Waals surface area contributed by atoms with Gasteiger partial charge in [-0.15, -0.1) is 0 Å². The summed E-state index contributed by atoms with van der Waals surface area (Å²) in [7, 11) is 0. The Labute approximate surface area is 148 Å². The largest absolute Gasteiger partial charge is 0.504 e. The van der Waals surface area contributed by atoms with E-state index in [1.807, 2.05) is 0 Å². The first-order chi connectivity index (χ1) is 12.1. The minimum absolute atomic E-state index is 0.0157. The molecule has 0 bridgehead atoms. The number of hydrogen-bond donors (Lipinski definition) is 2. The van der Waals surface area contributed by atoms with E-state index >= 15 is 0 Å². The number of fused-ring (bicyclic) bond motifs is 1. The second kappa shape index (κ2) is 6.37. The molecule has 1 aliphatic rings. The van der Waals surface area contributed by atoms with Crippen molar-refractivity contribution in [1.29, 1.82) is 0 Å². The molecule has 4 rings (SSSR count). The van der Waals surface area contributed by atoms with Crippen LogP contribution in [0.15, 0.2) is 36.7 Å². The third-order valence-electron chi connectivity index (χ3n) is 4.07. The molecule has 0 amide bonds. The number of aromatic hydroxyl groups is 1. The van der Waals surface area contributed by atoms with Crippen LogP contribution in [0.25, 0.3) is 10.9 Å². The minimum atomic E-state index is -0.491. The molecule has 2 N–H and O–H groups in total. The summed E-state index contributed by atoms with van der Waals surface area (Å²) in [4.78, 5) is 8.43. The van der Waals surface area contributed by atoms with Crippen molar-refractivity contribution < 1.29 is 14.2 Å². The molecule has 2 aromatic carbocycles. The van der Waals surface area contributed by atoms with Crippen molar-refractivity contribution in [2.45, 2.75) is 12.8 Å². The summed E-state index contributed by atoms with van der Waals surface area (Å²) in [5.74, 6) is 1.02. The van der Waals surface area contributed by atoms with E-state index in [2.05, 4.69) is 15.3 Å². The van der Waals surface area contributed by atoms with E-state index < -0.39 is 5.82 Å². The maximum Gasteiger partial charge on any atom is 0.163 e. The van der Waals surface area contributed by atoms with E-state index in [9.17, 15) is 9.50 Å². The monoisotopic (exact) mass is 359 g/mol. The number of rotatable bonds is 5. The van der Waals surface area contributed by atoms with Crippen LogP contribution in [0.1, 0.15) is 12.8 Å². The molecule has 128 valence electrons. The van der Waals surface area contributed by atoms with E-state index in [0.29, 0.717) is 40.7 Å². The standard InChI is InChI=1S/C18H15ClFN3O2/c19-13-5-11(3-4-14(13)20)23-18-12-6-16(24)17(25-8-10-1-2-10)7-15(12)21-9-22-18/h3-7,9-10,24H,1-2,8H2,(H,21,22,23). The Bertz CT molecular complexity index is 947. The minimum Gasteiger partial charge on any atom is -0.504 e. The van der Waals surface area contributed by atoms with Crippen LogP contribution in [0.5, 0.6) is 11.5 Å². The molecule has 5 nitrogen and oxygen atoms in total. The number of phenolic OH excluding ortho intramolecular Hbond substituents is 1. The molecule has 25 heavy (non-hydrogen) atoms. The zero-order valence-corrected chi connectivity index (χ0v) is 13.9. The predicted molar refractivity (Wildman–Crippen MR) is 94.1 cm³/mol. The van der Waals surface area contributed by atoms with Gasteiger partial charge in [0.05, 0.1) is 17.1 Å². The number of hydrogen-bond acceptors (Lipinski definition) is 5. The third-order valence-corrected chi connectivity index (χ3v) is 4.36. The maximum absolute atomic E-state index is 13.3. The first kappa shape index (κ1) is 15.9. The number of anilines is 2. The highest BCUT2D eigenvalue weighted by molar-refractivity contribution is 6.31. The number of phenols is 1. The third kappa shape index (κ3) is 3.44. The summed E-state index contributed by atoms with van der Waals surface area (Å²) in [6, 6.07) is 7.55. The van der Waals surface area contributed by atoms with Crippen molar-refractivity contribution in [1.82, 2.24) is 9.97 Å². The maximum atomic E-state index is 13.3. The van der Waals surface area contributed by atoms with Crippen LogP contribution in [-0.2, 0) is 0 Å². The van der Waals surface area contributed by atoms with Crippen molar-refractivity contribution in [2.75, 3.05) is 11.9 Å². The fraction of sp³-hybridized carbons (Fsp3) is 0.222. The summed E-state index contributed by atoms with van der Waals surface area (Å²) < 4.78 is 19.0. The Morgan fingerprint density at radius 2 is 2.08 bits per heavy atom. The van der Waals surface area contributed by atoms with Gasteiger partial charge in [-0.1, -0.05) is 11.6 Å². The molecule has 0 atom stereocenters. The molecular weight excluding hydrogens is 345 g/mol. The molecule has 0 spiro atoms. The van der Waals surface area contributed by atoms with Crippen LogP contribution in [0, 0.1) is 11.7 Å². The van der Waals surface area contributed by atoms with Gasteiger partial charge in [0.1, 0.15) is 18.0 Å². The quantitative estimate of drug-likeness (QED) is 0.693. The first-order valence-electron chi connectivity index (χ1n) is 7.93. The van der Waals surface area contributed by atoms with Gasteiger partial charge in [0.15, 0.2) is 11.5 Å². The van der Waals surface area contributed by atoms with Gasteiger partial charge in [0, 0.05) is 17.1 Å². The van der Waals surface area contributed by atoms with Gasteiger partial charge in [-0.05, 0) is 43.0 Å². The molecule has 1 aromatic heterocycles. The molecule has 0 aliphatic heterocycles. The summed E-state index contributed by atoms with van der Waals surface area (Å²) >= 11 is 5.81. The average molecular weight is 360 g/mol. The van der Waals surface area contributed by atoms with Gasteiger partial charge in [0.25, 0.3) is 0 Å². The van der Waals surface area contributed by atoms with Crippen molar-refractivity contribution in [3.63, 3.8) is 0 Å². The molecule has 7 heteroatoms. The number of aromatic nitrogens is 2. The summed E-state index contributed by atoms with van der Waals surface area (Å²) in [5, 5.41) is 13.9. The van der Waals surface area contributed by atoms with E-state index in [4.69, 9.17) is 16.3 Å². The van der Waals surface area contributed by atoms with Crippen molar-refractivity contribution in [3.8, 4) is 11.5 Å². The van der Waals surface area contributed by atoms with Crippen molar-refractivity contribution in [3.05, 3.63) is 47.5 Å². The zero-order chi connectivity index (χ0) is 17.4. The number of nitrogens with zero attached hydrogens (tertiary/aromatic N) is 2. The van der Waals surface area contributed by atoms with Gasteiger partial charge in [-0.25, -0.2) is 14.4 Å². The van der Waals surface area contributed by atoms with Crippen LogP contribution >= 0.6 is 11.6 Å². The molecule has 0 saturated heterocycles. The first-order valence-corrected chi connectivity index (χ1v) is 8.30. The Hall–Kier alpha value is -2.60. The normalized spacial score (nSPS) is 13.8. The lowest BCUT2D eigenvalue weighted by Crippen LogP contribution is -2.00. The fourth-order valence-electron chi connectivity index (χ4n) is 2.49. The van der Waals surface area contributed by atoms with Crippen LogP contribution in [0.4, 0.5) is 15.9 Å². The Morgan fingerprint density at radius 1 is 1.24 bits per heavy atom. The predicted octanol–water partition coefficient (Wildman–Crippen LogP) is 4.66. The Morgan fingerprint density at radius 3 is 2.84 bits per heavy atom. The smallest absolute Gasteiger partial charge is 0.163 e. The number of benzene rings is 2. The van der Waals surface area contributed by atoms with E-state index in [1.54, 1.807) is 18.2 Å². The van der Waals surface area contributed by atoms with Gasteiger partial charge < -0.3 is 15.2 Å². The van der Waals surface area contributed by atoms with Crippen LogP contribution < -0.4 is 10.1 Å². The van der Waals surface area contributed by atoms with E-state index in [-0.39, 0.29) is 10.8 Å². The summed E-state index contributed by atoms with van der Waals surface area (Å²) in [6.07, 6.45) is 3.76. The highest BCUT2D eigenvalue weighted by atomic mass is 35.5. The fourth-order valence-corrected chi connectivity index (χ4v) is 2.67. The van der Waals surface area contributed by atoms with Gasteiger partial charge in [-0.3, -0.25) is 0 Å². The van der Waals surface area contributed by atoms with Crippen molar-refractivity contribution in [2.24, 2.45) is 5.92 Å². The number of halogens is 2. The highest BCUT2D eigenvalue weighted by Crippen LogP contribution is 2.36. The topological polar surface area (TPSA) is 67.3 Å². The second-order valence-corrected chi connectivity index (χ2v) is 6.47. The van der Waals surface area contributed by atoms with Crippen LogP contribution in [-0.4, -0.2) is 21.7 Å². The molecule has 1 fully saturated rings. The molecule has 1 heterocycles. The van der Waals surface area contributed by atoms with Gasteiger partial charge in [-0.2, -0.15) is 0 Å². The lowest BCUT2D eigenvalue weighted by Gasteiger charge is -2.12. The van der Waals surface area contributed by atoms with Crippen LogP contribution in [0.3, 0.4) is 0 Å². The SMILES string of the molecule is Oc1cc2c(Nc3ccc(F)c(Cl)c3)ncnc2cc1OCC1CC1. The Kier molecular flexibility index (Phi) is 4.05. The highest BCUT2D eigenvalue weighted by Gasteiger charge is 2.22. The summed E-state index contributed by atoms with van der Waals surface area (Å²) in [5.41, 5.74) is 1.22. The van der Waals surface area contributed by atoms with Gasteiger partial charge >= 0.3 is 0 Å². The molecule has 1 aliphatic carbocycles. The molecule has 0 unspecified atom stereocenters. The molecule has 0 radical (unpaired) electrons. The second-order valence-electron chi connectivity index (χ2n) is 6.07. The average Bonchev–Trinajstić information content (AvgIpc) is 3.41. The number of ether oxygens (including phenoxy) is 1. The zero-order valence-electron chi connectivity index (χ0n) is 13.2. The molecular formula is C18H15ClFN3O2. The molecule has 1 saturated carbocycles. The van der Waals surface area contributed by atoms with Gasteiger partial charge in [0.2, 0.25) is 0 Å². The van der Waals surface area contributed by atoms with Crippen molar-refractivity contribution >= 4 is 34.0 Å². The lowest BCUT2D eigenvalue weighted by atomic mass is 10.2. The lowest BCUT2D eigenvalue weighted by molar-refractivity contribution is 0.285. The molecule has 3 aromatic rings. The van der Waals surface area contributed by atoms with E-state index in [0.717, 1.165) is 0 Å². The summed E-state index contributed by atoms with van der Waals surface area (Å²) in [6.45, 7) is 0.601.